The molecule has 4 rings (SSSR count). The molecule has 2 heterocycles. The highest BCUT2D eigenvalue weighted by atomic mass is 16.7. The van der Waals surface area contributed by atoms with Crippen molar-refractivity contribution in [1.29, 1.82) is 0 Å². The van der Waals surface area contributed by atoms with E-state index in [1.54, 1.807) is 6.20 Å². The van der Waals surface area contributed by atoms with E-state index in [0.717, 1.165) is 43.5 Å². The van der Waals surface area contributed by atoms with Gasteiger partial charge in [0, 0.05) is 25.5 Å². The summed E-state index contributed by atoms with van der Waals surface area (Å²) in [4.78, 5) is 4.78. The largest absolute Gasteiger partial charge is 0.454 e. The average Bonchev–Trinajstić information content (AvgIpc) is 3.44. The number of hydrogen-bond acceptors (Lipinski definition) is 4. The Labute approximate surface area is 176 Å². The van der Waals surface area contributed by atoms with Crippen LogP contribution in [-0.4, -0.2) is 35.6 Å². The van der Waals surface area contributed by atoms with Crippen molar-refractivity contribution in [3.63, 3.8) is 0 Å². The second kappa shape index (κ2) is 9.82. The maximum absolute atomic E-state index is 5.46. The third kappa shape index (κ3) is 5.11. The summed E-state index contributed by atoms with van der Waals surface area (Å²) in [6, 6.07) is 16.4. The van der Waals surface area contributed by atoms with Crippen LogP contribution < -0.4 is 20.1 Å². The molecule has 7 nitrogen and oxygen atoms in total. The van der Waals surface area contributed by atoms with E-state index in [1.165, 1.54) is 16.7 Å². The van der Waals surface area contributed by atoms with Crippen molar-refractivity contribution in [3.05, 3.63) is 77.6 Å². The van der Waals surface area contributed by atoms with E-state index >= 15 is 0 Å². The van der Waals surface area contributed by atoms with Gasteiger partial charge >= 0.3 is 0 Å². The van der Waals surface area contributed by atoms with Crippen molar-refractivity contribution in [1.82, 2.24) is 20.4 Å². The molecular formula is C23H27N5O2. The quantitative estimate of drug-likeness (QED) is 0.445. The molecule has 2 N–H and O–H groups in total. The van der Waals surface area contributed by atoms with Gasteiger partial charge in [0.15, 0.2) is 17.5 Å². The average molecular weight is 406 g/mol. The van der Waals surface area contributed by atoms with Gasteiger partial charge in [-0.3, -0.25) is 4.68 Å². The first-order valence-electron chi connectivity index (χ1n) is 10.3. The van der Waals surface area contributed by atoms with Crippen LogP contribution >= 0.6 is 0 Å². The van der Waals surface area contributed by atoms with Crippen molar-refractivity contribution >= 4 is 5.96 Å². The first kappa shape index (κ1) is 19.8. The first-order valence-corrected chi connectivity index (χ1v) is 10.3. The third-order valence-corrected chi connectivity index (χ3v) is 4.90. The molecular weight excluding hydrogens is 378 g/mol. The highest BCUT2D eigenvalue weighted by Crippen LogP contribution is 2.32. The van der Waals surface area contributed by atoms with E-state index in [2.05, 4.69) is 53.0 Å². The van der Waals surface area contributed by atoms with Gasteiger partial charge in [-0.2, -0.15) is 5.10 Å². The Balaban J connectivity index is 1.36. The number of hydrogen-bond donors (Lipinski definition) is 2. The lowest BCUT2D eigenvalue weighted by atomic mass is 10.1. The van der Waals surface area contributed by atoms with Gasteiger partial charge in [0.25, 0.3) is 0 Å². The Morgan fingerprint density at radius 1 is 1.07 bits per heavy atom. The van der Waals surface area contributed by atoms with E-state index in [0.29, 0.717) is 13.3 Å². The van der Waals surface area contributed by atoms with Crippen molar-refractivity contribution in [3.8, 4) is 11.5 Å². The van der Waals surface area contributed by atoms with Crippen LogP contribution in [0.25, 0.3) is 0 Å². The fourth-order valence-corrected chi connectivity index (χ4v) is 3.36. The fraction of sp³-hybridized carbons (Fsp3) is 0.304. The molecule has 0 saturated heterocycles. The second-order valence-corrected chi connectivity index (χ2v) is 7.03. The summed E-state index contributed by atoms with van der Waals surface area (Å²) in [7, 11) is 0. The van der Waals surface area contributed by atoms with E-state index < -0.39 is 0 Å². The summed E-state index contributed by atoms with van der Waals surface area (Å²) >= 11 is 0. The molecule has 0 unspecified atom stereocenters. The van der Waals surface area contributed by atoms with E-state index in [9.17, 15) is 0 Å². The van der Waals surface area contributed by atoms with E-state index in [4.69, 9.17) is 14.5 Å². The van der Waals surface area contributed by atoms with Crippen LogP contribution in [0.2, 0.25) is 0 Å². The summed E-state index contributed by atoms with van der Waals surface area (Å²) < 4.78 is 12.8. The van der Waals surface area contributed by atoms with Gasteiger partial charge < -0.3 is 20.1 Å². The summed E-state index contributed by atoms with van der Waals surface area (Å²) in [6.45, 7) is 5.31. The summed E-state index contributed by atoms with van der Waals surface area (Å²) in [5, 5.41) is 11.1. The second-order valence-electron chi connectivity index (χ2n) is 7.03. The summed E-state index contributed by atoms with van der Waals surface area (Å²) in [5.41, 5.74) is 3.62. The molecule has 1 aromatic heterocycles. The number of aromatic nitrogens is 2. The molecule has 7 heteroatoms. The minimum atomic E-state index is 0.302. The van der Waals surface area contributed by atoms with Crippen LogP contribution in [0.3, 0.4) is 0 Å². The third-order valence-electron chi connectivity index (χ3n) is 4.90. The van der Waals surface area contributed by atoms with Crippen molar-refractivity contribution in [2.24, 2.45) is 4.99 Å². The lowest BCUT2D eigenvalue weighted by molar-refractivity contribution is 0.174. The summed E-state index contributed by atoms with van der Waals surface area (Å²) in [6.07, 6.45) is 4.65. The van der Waals surface area contributed by atoms with Crippen molar-refractivity contribution < 1.29 is 9.47 Å². The van der Waals surface area contributed by atoms with Gasteiger partial charge in [-0.1, -0.05) is 30.3 Å². The minimum Gasteiger partial charge on any atom is -0.454 e. The van der Waals surface area contributed by atoms with Gasteiger partial charge in [-0.05, 0) is 48.2 Å². The van der Waals surface area contributed by atoms with E-state index in [1.807, 2.05) is 29.1 Å². The number of aliphatic imine (C=N–C) groups is 1. The molecule has 0 atom stereocenters. The monoisotopic (exact) mass is 405 g/mol. The molecule has 0 radical (unpaired) electrons. The SMILES string of the molecule is CCNC(=NCc1ccccc1Cn1cccn1)NCCc1ccc2c(c1)OCO2. The smallest absolute Gasteiger partial charge is 0.231 e. The first-order chi connectivity index (χ1) is 14.8. The van der Waals surface area contributed by atoms with Crippen LogP contribution in [0.4, 0.5) is 0 Å². The maximum atomic E-state index is 5.46. The lowest BCUT2D eigenvalue weighted by Crippen LogP contribution is -2.38. The zero-order valence-corrected chi connectivity index (χ0v) is 17.2. The zero-order chi connectivity index (χ0) is 20.6. The molecule has 156 valence electrons. The van der Waals surface area contributed by atoms with Crippen molar-refractivity contribution in [2.75, 3.05) is 19.9 Å². The lowest BCUT2D eigenvalue weighted by Gasteiger charge is -2.13. The normalized spacial score (nSPS) is 12.8. The molecule has 30 heavy (non-hydrogen) atoms. The van der Waals surface area contributed by atoms with E-state index in [-0.39, 0.29) is 0 Å². The Hall–Kier alpha value is -3.48. The number of fused-ring (bicyclic) bond motifs is 1. The van der Waals surface area contributed by atoms with Crippen LogP contribution in [0.15, 0.2) is 65.9 Å². The van der Waals surface area contributed by atoms with Crippen LogP contribution in [-0.2, 0) is 19.5 Å². The molecule has 0 saturated carbocycles. The minimum absolute atomic E-state index is 0.302. The highest BCUT2D eigenvalue weighted by Gasteiger charge is 2.13. The number of nitrogens with zero attached hydrogens (tertiary/aromatic N) is 3. The number of rotatable bonds is 8. The van der Waals surface area contributed by atoms with Crippen LogP contribution in [0, 0.1) is 0 Å². The molecule has 0 aliphatic carbocycles. The molecule has 0 bridgehead atoms. The Kier molecular flexibility index (Phi) is 6.49. The van der Waals surface area contributed by atoms with Gasteiger partial charge in [0.05, 0.1) is 13.1 Å². The Morgan fingerprint density at radius 2 is 1.93 bits per heavy atom. The number of guanidine groups is 1. The topological polar surface area (TPSA) is 72.7 Å². The maximum Gasteiger partial charge on any atom is 0.231 e. The summed E-state index contributed by atoms with van der Waals surface area (Å²) in [5.74, 6) is 2.45. The van der Waals surface area contributed by atoms with Crippen LogP contribution in [0.5, 0.6) is 11.5 Å². The highest BCUT2D eigenvalue weighted by molar-refractivity contribution is 5.79. The Morgan fingerprint density at radius 3 is 2.77 bits per heavy atom. The standard InChI is InChI=1S/C23H27N5O2/c1-2-24-23(25-12-10-18-8-9-21-22(14-18)30-17-29-21)26-15-19-6-3-4-7-20(19)16-28-13-5-11-27-28/h3-9,11,13-14H,2,10,12,15-17H2,1H3,(H2,24,25,26). The zero-order valence-electron chi connectivity index (χ0n) is 17.2. The molecule has 2 aromatic carbocycles. The molecule has 1 aliphatic rings. The molecule has 0 fully saturated rings. The predicted octanol–water partition coefficient (Wildman–Crippen LogP) is 2.96. The molecule has 0 spiro atoms. The number of benzene rings is 2. The van der Waals surface area contributed by atoms with Gasteiger partial charge in [0.2, 0.25) is 6.79 Å². The molecule has 0 amide bonds. The van der Waals surface area contributed by atoms with Crippen molar-refractivity contribution in [2.45, 2.75) is 26.4 Å². The number of ether oxygens (including phenoxy) is 2. The van der Waals surface area contributed by atoms with Gasteiger partial charge in [0.1, 0.15) is 0 Å². The van der Waals surface area contributed by atoms with Crippen LogP contribution in [0.1, 0.15) is 23.6 Å². The fourth-order valence-electron chi connectivity index (χ4n) is 3.36. The van der Waals surface area contributed by atoms with Gasteiger partial charge in [-0.25, -0.2) is 4.99 Å². The molecule has 1 aliphatic heterocycles. The van der Waals surface area contributed by atoms with Gasteiger partial charge in [-0.15, -0.1) is 0 Å². The Bertz CT molecular complexity index is 985. The predicted molar refractivity (Wildman–Crippen MR) is 117 cm³/mol. The number of nitrogens with one attached hydrogen (secondary N) is 2. The molecule has 3 aromatic rings.